The van der Waals surface area contributed by atoms with Crippen molar-refractivity contribution in [1.29, 1.82) is 5.26 Å². The van der Waals surface area contributed by atoms with E-state index in [0.717, 1.165) is 10.2 Å². The summed E-state index contributed by atoms with van der Waals surface area (Å²) in [5.74, 6) is 0. The number of amides is 1. The molecule has 1 heterocycles. The lowest BCUT2D eigenvalue weighted by molar-refractivity contribution is 0.0195. The van der Waals surface area contributed by atoms with Crippen LogP contribution in [0.5, 0.6) is 0 Å². The highest BCUT2D eigenvalue weighted by Crippen LogP contribution is 2.28. The maximum absolute atomic E-state index is 12.1. The van der Waals surface area contributed by atoms with Gasteiger partial charge in [-0.25, -0.2) is 4.79 Å². The molecule has 0 bridgehead atoms. The number of nitrogens with zero attached hydrogens (tertiary/aromatic N) is 2. The van der Waals surface area contributed by atoms with Crippen molar-refractivity contribution < 1.29 is 9.53 Å². The molecule has 0 aromatic heterocycles. The lowest BCUT2D eigenvalue weighted by Gasteiger charge is -2.38. The van der Waals surface area contributed by atoms with E-state index in [0.29, 0.717) is 25.9 Å². The molecule has 1 aromatic rings. The number of nitriles is 1. The molecule has 124 valence electrons. The highest BCUT2D eigenvalue weighted by molar-refractivity contribution is 9.10. The summed E-state index contributed by atoms with van der Waals surface area (Å²) in [5.41, 5.74) is -0.247. The molecule has 0 atom stereocenters. The second-order valence-electron chi connectivity index (χ2n) is 6.79. The smallest absolute Gasteiger partial charge is 0.410 e. The quantitative estimate of drug-likeness (QED) is 0.837. The van der Waals surface area contributed by atoms with Crippen LogP contribution in [0.2, 0.25) is 0 Å². The summed E-state index contributed by atoms with van der Waals surface area (Å²) in [6.07, 6.45) is 0.824. The van der Waals surface area contributed by atoms with E-state index in [1.807, 2.05) is 45.0 Å². The number of hydrogen-bond donors (Lipinski definition) is 1. The molecule has 1 saturated heterocycles. The molecule has 1 aliphatic heterocycles. The molecular weight excluding hydrogens is 358 g/mol. The van der Waals surface area contributed by atoms with Crippen LogP contribution >= 0.6 is 15.9 Å². The average Bonchev–Trinajstić information content (AvgIpc) is 2.48. The van der Waals surface area contributed by atoms with E-state index >= 15 is 0 Å². The van der Waals surface area contributed by atoms with Gasteiger partial charge in [0.1, 0.15) is 11.1 Å². The van der Waals surface area contributed by atoms with Crippen molar-refractivity contribution in [2.24, 2.45) is 0 Å². The van der Waals surface area contributed by atoms with Crippen LogP contribution in [0.1, 0.15) is 33.6 Å². The van der Waals surface area contributed by atoms with Gasteiger partial charge in [-0.05, 0) is 45.0 Å². The van der Waals surface area contributed by atoms with Gasteiger partial charge in [0.15, 0.2) is 0 Å². The molecule has 0 radical (unpaired) electrons. The highest BCUT2D eigenvalue weighted by Gasteiger charge is 2.37. The normalized spacial score (nSPS) is 17.3. The minimum absolute atomic E-state index is 0.312. The molecule has 5 nitrogen and oxygen atoms in total. The van der Waals surface area contributed by atoms with Gasteiger partial charge >= 0.3 is 6.09 Å². The van der Waals surface area contributed by atoms with Crippen LogP contribution in [0.3, 0.4) is 0 Å². The molecule has 1 amide bonds. The highest BCUT2D eigenvalue weighted by atomic mass is 79.9. The van der Waals surface area contributed by atoms with E-state index in [-0.39, 0.29) is 6.09 Å². The Morgan fingerprint density at radius 2 is 1.87 bits per heavy atom. The summed E-state index contributed by atoms with van der Waals surface area (Å²) in [6.45, 7) is 6.56. The minimum atomic E-state index is -0.646. The van der Waals surface area contributed by atoms with E-state index in [1.54, 1.807) is 4.90 Å². The zero-order chi connectivity index (χ0) is 17.1. The van der Waals surface area contributed by atoms with Gasteiger partial charge in [-0.3, -0.25) is 0 Å². The maximum Gasteiger partial charge on any atom is 0.410 e. The van der Waals surface area contributed by atoms with Crippen LogP contribution in [0, 0.1) is 11.3 Å². The van der Waals surface area contributed by atoms with Crippen LogP contribution in [0.4, 0.5) is 10.5 Å². The molecule has 1 aromatic carbocycles. The van der Waals surface area contributed by atoms with Gasteiger partial charge < -0.3 is 15.0 Å². The summed E-state index contributed by atoms with van der Waals surface area (Å²) < 4.78 is 6.38. The number of hydrogen-bond acceptors (Lipinski definition) is 4. The fourth-order valence-corrected chi connectivity index (χ4v) is 2.74. The first kappa shape index (κ1) is 17.6. The lowest BCUT2D eigenvalue weighted by Crippen LogP contribution is -2.51. The zero-order valence-electron chi connectivity index (χ0n) is 13.7. The first-order valence-electron chi connectivity index (χ1n) is 7.66. The number of likely N-dealkylation sites (tertiary alicyclic amines) is 1. The van der Waals surface area contributed by atoms with Gasteiger partial charge in [0.25, 0.3) is 0 Å². The standard InChI is InChI=1S/C17H22BrN3O2/c1-16(2,3)23-15(22)21-10-8-17(12-19,9-11-21)20-14-6-4-13(18)5-7-14/h4-7,20H,8-11H2,1-3H3. The summed E-state index contributed by atoms with van der Waals surface area (Å²) in [4.78, 5) is 13.8. The summed E-state index contributed by atoms with van der Waals surface area (Å²) >= 11 is 3.40. The molecular formula is C17H22BrN3O2. The van der Waals surface area contributed by atoms with Gasteiger partial charge in [0.2, 0.25) is 0 Å². The Labute approximate surface area is 145 Å². The number of halogens is 1. The van der Waals surface area contributed by atoms with E-state index in [4.69, 9.17) is 4.74 Å². The van der Waals surface area contributed by atoms with E-state index in [1.165, 1.54) is 0 Å². The molecule has 23 heavy (non-hydrogen) atoms. The van der Waals surface area contributed by atoms with Gasteiger partial charge in [-0.1, -0.05) is 15.9 Å². The van der Waals surface area contributed by atoms with Gasteiger partial charge in [0.05, 0.1) is 6.07 Å². The number of carbonyl (C=O) groups is 1. The van der Waals surface area contributed by atoms with E-state index < -0.39 is 11.1 Å². The Bertz CT molecular complexity index is 594. The zero-order valence-corrected chi connectivity index (χ0v) is 15.3. The first-order chi connectivity index (χ1) is 10.7. The van der Waals surface area contributed by atoms with Crippen molar-refractivity contribution in [3.63, 3.8) is 0 Å². The molecule has 0 aliphatic carbocycles. The largest absolute Gasteiger partial charge is 0.444 e. The van der Waals surface area contributed by atoms with Crippen molar-refractivity contribution in [3.8, 4) is 6.07 Å². The summed E-state index contributed by atoms with van der Waals surface area (Å²) in [7, 11) is 0. The Kier molecular flexibility index (Phi) is 5.20. The van der Waals surface area contributed by atoms with Crippen LogP contribution in [0.25, 0.3) is 0 Å². The number of rotatable bonds is 2. The molecule has 1 aliphatic rings. The number of anilines is 1. The topological polar surface area (TPSA) is 65.4 Å². The predicted molar refractivity (Wildman–Crippen MR) is 93.1 cm³/mol. The number of ether oxygens (including phenoxy) is 1. The van der Waals surface area contributed by atoms with Crippen LogP contribution in [-0.4, -0.2) is 35.2 Å². The second-order valence-corrected chi connectivity index (χ2v) is 7.71. The summed E-state index contributed by atoms with van der Waals surface area (Å²) in [5, 5.41) is 12.9. The molecule has 2 rings (SSSR count). The minimum Gasteiger partial charge on any atom is -0.444 e. The monoisotopic (exact) mass is 379 g/mol. The van der Waals surface area contributed by atoms with Crippen LogP contribution in [-0.2, 0) is 4.74 Å². The SMILES string of the molecule is CC(C)(C)OC(=O)N1CCC(C#N)(Nc2ccc(Br)cc2)CC1. The molecule has 0 saturated carbocycles. The predicted octanol–water partition coefficient (Wildman–Crippen LogP) is 4.15. The molecule has 6 heteroatoms. The second kappa shape index (κ2) is 6.79. The fourth-order valence-electron chi connectivity index (χ4n) is 2.47. The Morgan fingerprint density at radius 3 is 2.35 bits per heavy atom. The number of nitrogens with one attached hydrogen (secondary N) is 1. The molecule has 0 unspecified atom stereocenters. The third-order valence-corrected chi connectivity index (χ3v) is 4.24. The van der Waals surface area contributed by atoms with Gasteiger partial charge in [-0.2, -0.15) is 5.26 Å². The third-order valence-electron chi connectivity index (χ3n) is 3.71. The van der Waals surface area contributed by atoms with Crippen molar-refractivity contribution in [3.05, 3.63) is 28.7 Å². The maximum atomic E-state index is 12.1. The van der Waals surface area contributed by atoms with E-state index in [9.17, 15) is 10.1 Å². The first-order valence-corrected chi connectivity index (χ1v) is 8.45. The molecule has 1 fully saturated rings. The number of benzene rings is 1. The van der Waals surface area contributed by atoms with Crippen LogP contribution < -0.4 is 5.32 Å². The Hall–Kier alpha value is -1.74. The Morgan fingerprint density at radius 1 is 1.30 bits per heavy atom. The van der Waals surface area contributed by atoms with Crippen molar-refractivity contribution >= 4 is 27.7 Å². The molecule has 1 N–H and O–H groups in total. The van der Waals surface area contributed by atoms with Crippen molar-refractivity contribution in [1.82, 2.24) is 4.90 Å². The van der Waals surface area contributed by atoms with Crippen molar-refractivity contribution in [2.75, 3.05) is 18.4 Å². The molecule has 0 spiro atoms. The third kappa shape index (κ3) is 4.87. The fraction of sp³-hybridized carbons (Fsp3) is 0.529. The average molecular weight is 380 g/mol. The number of piperidine rings is 1. The van der Waals surface area contributed by atoms with Gasteiger partial charge in [0, 0.05) is 36.1 Å². The number of carbonyl (C=O) groups excluding carboxylic acids is 1. The summed E-state index contributed by atoms with van der Waals surface area (Å²) in [6, 6.07) is 10.1. The van der Waals surface area contributed by atoms with Crippen LogP contribution in [0.15, 0.2) is 28.7 Å². The van der Waals surface area contributed by atoms with Gasteiger partial charge in [-0.15, -0.1) is 0 Å². The Balaban J connectivity index is 1.98. The van der Waals surface area contributed by atoms with E-state index in [2.05, 4.69) is 27.3 Å². The lowest BCUT2D eigenvalue weighted by atomic mass is 9.88. The van der Waals surface area contributed by atoms with Crippen molar-refractivity contribution in [2.45, 2.75) is 44.8 Å².